The molecular formula is C21H30FN5O4. The lowest BCUT2D eigenvalue weighted by atomic mass is 9.78. The maximum absolute atomic E-state index is 15.5. The van der Waals surface area contributed by atoms with Gasteiger partial charge in [0.15, 0.2) is 11.6 Å². The molecular weight excluding hydrogens is 405 g/mol. The van der Waals surface area contributed by atoms with Crippen molar-refractivity contribution in [1.82, 2.24) is 9.24 Å². The summed E-state index contributed by atoms with van der Waals surface area (Å²) in [7, 11) is 3.02. The van der Waals surface area contributed by atoms with Crippen molar-refractivity contribution in [2.45, 2.75) is 38.8 Å². The smallest absolute Gasteiger partial charge is 0.350 e. The van der Waals surface area contributed by atoms with Crippen LogP contribution in [-0.4, -0.2) is 49.2 Å². The number of fused-ring (bicyclic) bond motifs is 1. The number of nitrogens with two attached hydrogens (primary N) is 2. The van der Waals surface area contributed by atoms with Gasteiger partial charge in [0.05, 0.1) is 19.1 Å². The van der Waals surface area contributed by atoms with E-state index >= 15 is 4.39 Å². The van der Waals surface area contributed by atoms with Crippen LogP contribution >= 0.6 is 0 Å². The van der Waals surface area contributed by atoms with E-state index in [1.54, 1.807) is 7.11 Å². The third-order valence-corrected chi connectivity index (χ3v) is 6.61. The van der Waals surface area contributed by atoms with Crippen LogP contribution in [0.15, 0.2) is 15.7 Å². The maximum atomic E-state index is 15.5. The van der Waals surface area contributed by atoms with Gasteiger partial charge in [-0.05, 0) is 24.3 Å². The Labute approximate surface area is 179 Å². The second-order valence-electron chi connectivity index (χ2n) is 9.29. The summed E-state index contributed by atoms with van der Waals surface area (Å²) in [6.45, 7) is 5.61. The lowest BCUT2D eigenvalue weighted by Crippen LogP contribution is -2.44. The van der Waals surface area contributed by atoms with E-state index in [1.165, 1.54) is 11.7 Å². The number of halogens is 1. The summed E-state index contributed by atoms with van der Waals surface area (Å²) in [4.78, 5) is 27.4. The summed E-state index contributed by atoms with van der Waals surface area (Å²) in [6, 6.07) is 0.858. The van der Waals surface area contributed by atoms with Crippen molar-refractivity contribution in [3.63, 3.8) is 0 Å². The summed E-state index contributed by atoms with van der Waals surface area (Å²) in [5.74, 6) is 5.33. The molecule has 1 aromatic heterocycles. The Morgan fingerprint density at radius 2 is 1.97 bits per heavy atom. The van der Waals surface area contributed by atoms with Crippen LogP contribution in [0.25, 0.3) is 10.9 Å². The van der Waals surface area contributed by atoms with Crippen LogP contribution in [0, 0.1) is 17.2 Å². The summed E-state index contributed by atoms with van der Waals surface area (Å²) >= 11 is 0. The SMILES string of the molecule is COC[C@@H](N)[C@H]1CN(c2c(F)cc3c(=O)n(N)c(=O)n(C4CC4)c3c2OC)CC1(C)C. The van der Waals surface area contributed by atoms with E-state index in [2.05, 4.69) is 13.8 Å². The zero-order valence-electron chi connectivity index (χ0n) is 18.4. The van der Waals surface area contributed by atoms with Crippen molar-refractivity contribution in [2.75, 3.05) is 44.7 Å². The van der Waals surface area contributed by atoms with Gasteiger partial charge >= 0.3 is 5.69 Å². The maximum Gasteiger partial charge on any atom is 0.350 e. The topological polar surface area (TPSA) is 118 Å². The molecule has 1 aliphatic heterocycles. The van der Waals surface area contributed by atoms with Crippen molar-refractivity contribution in [3.05, 3.63) is 32.7 Å². The first-order chi connectivity index (χ1) is 14.6. The fourth-order valence-corrected chi connectivity index (χ4v) is 4.95. The second-order valence-corrected chi connectivity index (χ2v) is 9.29. The van der Waals surface area contributed by atoms with E-state index in [-0.39, 0.29) is 40.2 Å². The average molecular weight is 436 g/mol. The fraction of sp³-hybridized carbons (Fsp3) is 0.619. The minimum Gasteiger partial charge on any atom is -0.492 e. The van der Waals surface area contributed by atoms with Gasteiger partial charge in [0.25, 0.3) is 5.56 Å². The molecule has 170 valence electrons. The zero-order chi connectivity index (χ0) is 22.7. The lowest BCUT2D eigenvalue weighted by Gasteiger charge is -2.29. The standard InChI is InChI=1S/C21H30FN5O4/c1-21(2)10-25(8-13(21)15(23)9-30-3)17-14(22)7-12-16(18(17)31-4)26(11-5-6-11)20(29)27(24)19(12)28/h7,11,13,15H,5-6,8-10,23-24H2,1-4H3/t13-,15-/m1/s1. The zero-order valence-corrected chi connectivity index (χ0v) is 18.4. The molecule has 31 heavy (non-hydrogen) atoms. The van der Waals surface area contributed by atoms with E-state index in [1.807, 2.05) is 4.90 Å². The molecule has 1 aromatic carbocycles. The van der Waals surface area contributed by atoms with Gasteiger partial charge in [0, 0.05) is 38.2 Å². The molecule has 9 nitrogen and oxygen atoms in total. The minimum absolute atomic E-state index is 0.0261. The van der Waals surface area contributed by atoms with E-state index < -0.39 is 17.1 Å². The molecule has 1 aliphatic carbocycles. The first kappa shape index (κ1) is 21.6. The largest absolute Gasteiger partial charge is 0.492 e. The lowest BCUT2D eigenvalue weighted by molar-refractivity contribution is 0.130. The summed E-state index contributed by atoms with van der Waals surface area (Å²) in [6.07, 6.45) is 1.57. The van der Waals surface area contributed by atoms with Crippen LogP contribution in [0.4, 0.5) is 10.1 Å². The Morgan fingerprint density at radius 1 is 1.29 bits per heavy atom. The first-order valence-electron chi connectivity index (χ1n) is 10.4. The minimum atomic E-state index is -0.748. The van der Waals surface area contributed by atoms with E-state index in [9.17, 15) is 9.59 Å². The quantitative estimate of drug-likeness (QED) is 0.644. The molecule has 2 heterocycles. The Bertz CT molecular complexity index is 1140. The molecule has 0 radical (unpaired) electrons. The van der Waals surface area contributed by atoms with Gasteiger partial charge < -0.3 is 25.9 Å². The van der Waals surface area contributed by atoms with Crippen molar-refractivity contribution in [3.8, 4) is 5.75 Å². The normalized spacial score (nSPS) is 21.6. The first-order valence-corrected chi connectivity index (χ1v) is 10.4. The fourth-order valence-electron chi connectivity index (χ4n) is 4.95. The Hall–Kier alpha value is -2.59. The molecule has 1 saturated carbocycles. The molecule has 2 aromatic rings. The van der Waals surface area contributed by atoms with Gasteiger partial charge in [-0.2, -0.15) is 4.68 Å². The van der Waals surface area contributed by atoms with Crippen LogP contribution < -0.4 is 32.5 Å². The predicted molar refractivity (Wildman–Crippen MR) is 117 cm³/mol. The number of nitrogen functional groups attached to an aromatic ring is 1. The molecule has 4 N–H and O–H groups in total. The van der Waals surface area contributed by atoms with Gasteiger partial charge in [-0.25, -0.2) is 9.18 Å². The number of anilines is 1. The van der Waals surface area contributed by atoms with Crippen LogP contribution in [0.5, 0.6) is 5.75 Å². The van der Waals surface area contributed by atoms with Crippen molar-refractivity contribution >= 4 is 16.6 Å². The number of hydrogen-bond acceptors (Lipinski definition) is 7. The van der Waals surface area contributed by atoms with Gasteiger partial charge in [0.1, 0.15) is 11.2 Å². The highest BCUT2D eigenvalue weighted by Gasteiger charge is 2.44. The molecule has 2 fully saturated rings. The molecule has 0 spiro atoms. The van der Waals surface area contributed by atoms with Crippen molar-refractivity contribution < 1.29 is 13.9 Å². The Kier molecular flexibility index (Phi) is 5.25. The van der Waals surface area contributed by atoms with Crippen molar-refractivity contribution in [2.24, 2.45) is 17.1 Å². The van der Waals surface area contributed by atoms with Gasteiger partial charge in [-0.15, -0.1) is 0 Å². The molecule has 0 bridgehead atoms. The molecule has 0 amide bonds. The molecule has 10 heteroatoms. The van der Waals surface area contributed by atoms with Gasteiger partial charge in [-0.1, -0.05) is 13.8 Å². The molecule has 4 rings (SSSR count). The van der Waals surface area contributed by atoms with Crippen LogP contribution in [-0.2, 0) is 4.74 Å². The number of ether oxygens (including phenoxy) is 2. The predicted octanol–water partition coefficient (Wildman–Crippen LogP) is 0.796. The van der Waals surface area contributed by atoms with Crippen LogP contribution in [0.2, 0.25) is 0 Å². The Balaban J connectivity index is 1.93. The monoisotopic (exact) mass is 435 g/mol. The molecule has 0 unspecified atom stereocenters. The number of benzene rings is 1. The summed E-state index contributed by atoms with van der Waals surface area (Å²) < 4.78 is 28.3. The number of methoxy groups -OCH3 is 2. The number of rotatable bonds is 6. The highest BCUT2D eigenvalue weighted by Crippen LogP contribution is 2.46. The van der Waals surface area contributed by atoms with E-state index in [0.717, 1.165) is 18.9 Å². The summed E-state index contributed by atoms with van der Waals surface area (Å²) in [5.41, 5.74) is 5.30. The highest BCUT2D eigenvalue weighted by molar-refractivity contribution is 5.91. The molecule has 2 atom stereocenters. The summed E-state index contributed by atoms with van der Waals surface area (Å²) in [5, 5.41) is 0.0261. The average Bonchev–Trinajstić information content (AvgIpc) is 3.49. The Morgan fingerprint density at radius 3 is 2.55 bits per heavy atom. The third kappa shape index (κ3) is 3.38. The number of nitrogens with zero attached hydrogens (tertiary/aromatic N) is 3. The highest BCUT2D eigenvalue weighted by atomic mass is 19.1. The number of hydrogen-bond donors (Lipinski definition) is 2. The third-order valence-electron chi connectivity index (χ3n) is 6.61. The number of aromatic nitrogens is 2. The van der Waals surface area contributed by atoms with Gasteiger partial charge in [0.2, 0.25) is 0 Å². The second kappa shape index (κ2) is 7.52. The molecule has 1 saturated heterocycles. The van der Waals surface area contributed by atoms with E-state index in [0.29, 0.717) is 29.9 Å². The molecule has 2 aliphatic rings. The van der Waals surface area contributed by atoms with Crippen LogP contribution in [0.1, 0.15) is 32.7 Å². The van der Waals surface area contributed by atoms with Gasteiger partial charge in [-0.3, -0.25) is 9.36 Å². The van der Waals surface area contributed by atoms with Crippen LogP contribution in [0.3, 0.4) is 0 Å². The van der Waals surface area contributed by atoms with E-state index in [4.69, 9.17) is 21.1 Å². The van der Waals surface area contributed by atoms with Crippen molar-refractivity contribution in [1.29, 1.82) is 0 Å².